The monoisotopic (exact) mass is 236 g/mol. The molecule has 3 nitrogen and oxygen atoms in total. The maximum Gasteiger partial charge on any atom is 0.170 e. The quantitative estimate of drug-likeness (QED) is 0.752. The summed E-state index contributed by atoms with van der Waals surface area (Å²) in [6.07, 6.45) is 0.462. The smallest absolute Gasteiger partial charge is 0.170 e. The first-order valence-electron chi connectivity index (χ1n) is 5.63. The third-order valence-corrected chi connectivity index (χ3v) is 2.40. The molecule has 0 fully saturated rings. The van der Waals surface area contributed by atoms with Crippen molar-refractivity contribution >= 4 is 5.78 Å². The number of carbonyl (C=O) groups excluding carboxylic acids is 1. The Morgan fingerprint density at radius 1 is 1.12 bits per heavy atom. The standard InChI is InChI=1S/C14H20O3/c1-14(2,3)9-10(15)13-11(16-4)7-6-8-12(13)17-5/h6-8H,9H2,1-5H3. The number of Topliss-reactive ketones (excluding diaryl/α,β-unsaturated/α-hetero) is 1. The molecule has 0 aromatic heterocycles. The molecule has 0 atom stereocenters. The molecule has 94 valence electrons. The highest BCUT2D eigenvalue weighted by Gasteiger charge is 2.23. The van der Waals surface area contributed by atoms with Gasteiger partial charge in [-0.2, -0.15) is 0 Å². The number of ketones is 1. The number of benzene rings is 1. The Balaban J connectivity index is 3.14. The van der Waals surface area contributed by atoms with Crippen molar-refractivity contribution < 1.29 is 14.3 Å². The molecule has 0 aliphatic carbocycles. The van der Waals surface area contributed by atoms with Crippen LogP contribution in [0.4, 0.5) is 0 Å². The molecule has 0 radical (unpaired) electrons. The first-order valence-corrected chi connectivity index (χ1v) is 5.63. The van der Waals surface area contributed by atoms with E-state index >= 15 is 0 Å². The van der Waals surface area contributed by atoms with Crippen LogP contribution in [-0.4, -0.2) is 20.0 Å². The maximum absolute atomic E-state index is 12.3. The Bertz CT molecular complexity index is 380. The Morgan fingerprint density at radius 3 is 1.94 bits per heavy atom. The van der Waals surface area contributed by atoms with E-state index in [1.807, 2.05) is 26.8 Å². The van der Waals surface area contributed by atoms with E-state index < -0.39 is 0 Å². The Kier molecular flexibility index (Phi) is 4.16. The molecule has 0 aliphatic heterocycles. The lowest BCUT2D eigenvalue weighted by molar-refractivity contribution is 0.0933. The third kappa shape index (κ3) is 3.48. The van der Waals surface area contributed by atoms with E-state index in [2.05, 4.69) is 0 Å². The van der Waals surface area contributed by atoms with Crippen LogP contribution in [0, 0.1) is 5.41 Å². The number of hydrogen-bond acceptors (Lipinski definition) is 3. The predicted octanol–water partition coefficient (Wildman–Crippen LogP) is 3.32. The number of hydrogen-bond donors (Lipinski definition) is 0. The highest BCUT2D eigenvalue weighted by molar-refractivity contribution is 6.01. The number of methoxy groups -OCH3 is 2. The molecular weight excluding hydrogens is 216 g/mol. The van der Waals surface area contributed by atoms with Gasteiger partial charge in [-0.15, -0.1) is 0 Å². The van der Waals surface area contributed by atoms with Crippen LogP contribution in [0.5, 0.6) is 11.5 Å². The summed E-state index contributed by atoms with van der Waals surface area (Å²) in [5.74, 6) is 1.18. The van der Waals surface area contributed by atoms with E-state index in [-0.39, 0.29) is 11.2 Å². The van der Waals surface area contributed by atoms with Crippen molar-refractivity contribution in [3.05, 3.63) is 23.8 Å². The van der Waals surface area contributed by atoms with Crippen molar-refractivity contribution in [1.82, 2.24) is 0 Å². The second kappa shape index (κ2) is 5.21. The van der Waals surface area contributed by atoms with E-state index in [0.717, 1.165) is 0 Å². The fourth-order valence-corrected chi connectivity index (χ4v) is 1.70. The van der Waals surface area contributed by atoms with Gasteiger partial charge in [0, 0.05) is 6.42 Å². The Morgan fingerprint density at radius 2 is 1.59 bits per heavy atom. The van der Waals surface area contributed by atoms with Crippen LogP contribution < -0.4 is 9.47 Å². The van der Waals surface area contributed by atoms with E-state index in [1.54, 1.807) is 26.4 Å². The molecule has 0 saturated carbocycles. The van der Waals surface area contributed by atoms with Crippen LogP contribution in [0.3, 0.4) is 0 Å². The third-order valence-electron chi connectivity index (χ3n) is 2.40. The van der Waals surface area contributed by atoms with Crippen LogP contribution in [0.2, 0.25) is 0 Å². The fraction of sp³-hybridized carbons (Fsp3) is 0.500. The minimum atomic E-state index is -0.0526. The molecule has 3 heteroatoms. The van der Waals surface area contributed by atoms with Crippen molar-refractivity contribution in [1.29, 1.82) is 0 Å². The lowest BCUT2D eigenvalue weighted by atomic mass is 9.87. The molecular formula is C14H20O3. The lowest BCUT2D eigenvalue weighted by Crippen LogP contribution is -2.14. The van der Waals surface area contributed by atoms with Crippen molar-refractivity contribution in [2.75, 3.05) is 14.2 Å². The summed E-state index contributed by atoms with van der Waals surface area (Å²) in [7, 11) is 3.12. The molecule has 0 unspecified atom stereocenters. The van der Waals surface area contributed by atoms with Gasteiger partial charge in [0.15, 0.2) is 5.78 Å². The zero-order chi connectivity index (χ0) is 13.1. The van der Waals surface area contributed by atoms with Crippen molar-refractivity contribution in [3.63, 3.8) is 0 Å². The van der Waals surface area contributed by atoms with Crippen molar-refractivity contribution in [2.24, 2.45) is 5.41 Å². The van der Waals surface area contributed by atoms with Gasteiger partial charge in [-0.05, 0) is 17.5 Å². The maximum atomic E-state index is 12.3. The second-order valence-electron chi connectivity index (χ2n) is 5.20. The van der Waals surface area contributed by atoms with Gasteiger partial charge in [0.1, 0.15) is 17.1 Å². The topological polar surface area (TPSA) is 35.5 Å². The Labute approximate surface area is 103 Å². The van der Waals surface area contributed by atoms with Crippen molar-refractivity contribution in [3.8, 4) is 11.5 Å². The zero-order valence-corrected chi connectivity index (χ0v) is 11.2. The first kappa shape index (κ1) is 13.6. The molecule has 0 aliphatic rings. The molecule has 0 amide bonds. The summed E-state index contributed by atoms with van der Waals surface area (Å²) >= 11 is 0. The zero-order valence-electron chi connectivity index (χ0n) is 11.2. The largest absolute Gasteiger partial charge is 0.496 e. The van der Waals surface area contributed by atoms with Crippen LogP contribution in [0.25, 0.3) is 0 Å². The van der Waals surface area contributed by atoms with Crippen LogP contribution in [0.1, 0.15) is 37.6 Å². The molecule has 1 aromatic rings. The Hall–Kier alpha value is -1.51. The minimum absolute atomic E-state index is 0.0480. The summed E-state index contributed by atoms with van der Waals surface area (Å²) in [6.45, 7) is 6.10. The summed E-state index contributed by atoms with van der Waals surface area (Å²) in [6, 6.07) is 5.36. The number of ether oxygens (including phenoxy) is 2. The van der Waals surface area contributed by atoms with Gasteiger partial charge >= 0.3 is 0 Å². The average Bonchev–Trinajstić information content (AvgIpc) is 2.25. The van der Waals surface area contributed by atoms with Gasteiger partial charge in [-0.25, -0.2) is 0 Å². The average molecular weight is 236 g/mol. The predicted molar refractivity (Wildman–Crippen MR) is 67.9 cm³/mol. The van der Waals surface area contributed by atoms with Gasteiger partial charge in [0.2, 0.25) is 0 Å². The van der Waals surface area contributed by atoms with Gasteiger partial charge in [0.05, 0.1) is 14.2 Å². The van der Waals surface area contributed by atoms with Crippen molar-refractivity contribution in [2.45, 2.75) is 27.2 Å². The molecule has 1 rings (SSSR count). The summed E-state index contributed by atoms with van der Waals surface area (Å²) in [5.41, 5.74) is 0.482. The minimum Gasteiger partial charge on any atom is -0.496 e. The van der Waals surface area contributed by atoms with Crippen LogP contribution in [0.15, 0.2) is 18.2 Å². The van der Waals surface area contributed by atoms with Crippen LogP contribution >= 0.6 is 0 Å². The number of carbonyl (C=O) groups is 1. The fourth-order valence-electron chi connectivity index (χ4n) is 1.70. The molecule has 17 heavy (non-hydrogen) atoms. The van der Waals surface area contributed by atoms with Gasteiger partial charge in [-0.3, -0.25) is 4.79 Å². The van der Waals surface area contributed by atoms with Gasteiger partial charge in [-0.1, -0.05) is 26.8 Å². The highest BCUT2D eigenvalue weighted by atomic mass is 16.5. The molecule has 0 spiro atoms. The lowest BCUT2D eigenvalue weighted by Gasteiger charge is -2.19. The van der Waals surface area contributed by atoms with Crippen LogP contribution in [-0.2, 0) is 0 Å². The summed E-state index contributed by atoms with van der Waals surface area (Å²) in [5, 5.41) is 0. The SMILES string of the molecule is COc1cccc(OC)c1C(=O)CC(C)(C)C. The normalized spacial score (nSPS) is 11.1. The van der Waals surface area contributed by atoms with E-state index in [4.69, 9.17) is 9.47 Å². The van der Waals surface area contributed by atoms with Gasteiger partial charge < -0.3 is 9.47 Å². The van der Waals surface area contributed by atoms with E-state index in [1.165, 1.54) is 0 Å². The number of rotatable bonds is 4. The molecule has 0 N–H and O–H groups in total. The van der Waals surface area contributed by atoms with Gasteiger partial charge in [0.25, 0.3) is 0 Å². The first-order chi connectivity index (χ1) is 7.89. The molecule has 0 saturated heterocycles. The molecule has 0 bridgehead atoms. The second-order valence-corrected chi connectivity index (χ2v) is 5.20. The highest BCUT2D eigenvalue weighted by Crippen LogP contribution is 2.32. The summed E-state index contributed by atoms with van der Waals surface area (Å²) in [4.78, 5) is 12.3. The molecule has 1 aromatic carbocycles. The van der Waals surface area contributed by atoms with E-state index in [9.17, 15) is 4.79 Å². The summed E-state index contributed by atoms with van der Waals surface area (Å²) < 4.78 is 10.4. The molecule has 0 heterocycles. The van der Waals surface area contributed by atoms with E-state index in [0.29, 0.717) is 23.5 Å².